The molecule has 0 aliphatic heterocycles. The van der Waals surface area contributed by atoms with Crippen molar-refractivity contribution in [1.29, 1.82) is 0 Å². The third-order valence-corrected chi connectivity index (χ3v) is 17.4. The van der Waals surface area contributed by atoms with Crippen molar-refractivity contribution < 1.29 is 19.7 Å². The van der Waals surface area contributed by atoms with E-state index < -0.39 is 6.23 Å². The van der Waals surface area contributed by atoms with Crippen molar-refractivity contribution in [2.75, 3.05) is 32.8 Å². The summed E-state index contributed by atoms with van der Waals surface area (Å²) < 4.78 is 6.17. The molecule has 3 fully saturated rings. The van der Waals surface area contributed by atoms with Crippen LogP contribution in [0.3, 0.4) is 0 Å². The Morgan fingerprint density at radius 3 is 2.05 bits per heavy atom. The second-order valence-corrected chi connectivity index (χ2v) is 22.6. The normalized spacial score (nSPS) is 28.1. The summed E-state index contributed by atoms with van der Waals surface area (Å²) in [5.74, 6) is 5.10. The van der Waals surface area contributed by atoms with E-state index in [1.54, 1.807) is 5.57 Å². The van der Waals surface area contributed by atoms with Gasteiger partial charge >= 0.3 is 5.97 Å². The molecule has 0 heterocycles. The Hall–Kier alpha value is -0.950. The van der Waals surface area contributed by atoms with Crippen LogP contribution in [-0.2, 0) is 9.53 Å². The van der Waals surface area contributed by atoms with Gasteiger partial charge in [0.1, 0.15) is 12.3 Å². The summed E-state index contributed by atoms with van der Waals surface area (Å²) in [5.41, 5.74) is 2.43. The predicted octanol–water partition coefficient (Wildman–Crippen LogP) is 14.4. The molecule has 0 spiro atoms. The first kappa shape index (κ1) is 53.7. The predicted molar refractivity (Wildman–Crippen MR) is 263 cm³/mol. The second-order valence-electron chi connectivity index (χ2n) is 22.6. The Morgan fingerprint density at radius 2 is 1.39 bits per heavy atom. The summed E-state index contributed by atoms with van der Waals surface area (Å²) in [4.78, 5) is 15.4. The highest BCUT2D eigenvalue weighted by molar-refractivity contribution is 5.69. The molecule has 0 aromatic rings. The number of fused-ring (bicyclic) bond motifs is 5. The minimum absolute atomic E-state index is 0.00733. The summed E-state index contributed by atoms with van der Waals surface area (Å²) in [5, 5.41) is 23.4. The Balaban J connectivity index is 1.01. The van der Waals surface area contributed by atoms with Gasteiger partial charge in [0.05, 0.1) is 6.61 Å². The third kappa shape index (κ3) is 17.7. The number of aliphatic hydroxyl groups excluding tert-OH is 2. The summed E-state index contributed by atoms with van der Waals surface area (Å²) in [6, 6.07) is 0. The molecular weight excluding hydrogens is 765 g/mol. The summed E-state index contributed by atoms with van der Waals surface area (Å²) >= 11 is 0. The fraction of sp³-hybridized carbons (Fsp3) is 0.946. The standard InChI is InChI=1S/C56H104N2O4/c1-7-8-9-10-11-12-13-14-15-16-17-18-19-21-29-53(60)57-39-23-25-41-58(42-43-59)40-24-20-22-30-54(61)62-48-35-37-55(5)47(44-48)31-32-49-51-34-33-50(46(4)28-26-27-45(2)3)56(51,6)38-36-52(49)55/h31,45-46,48-53,57,59-60H,7-30,32-44H2,1-6H3. The lowest BCUT2D eigenvalue weighted by molar-refractivity contribution is -0.151. The Labute approximate surface area is 384 Å². The lowest BCUT2D eigenvalue weighted by atomic mass is 9.47. The van der Waals surface area contributed by atoms with Gasteiger partial charge in [-0.3, -0.25) is 10.1 Å². The number of hydrogen-bond acceptors (Lipinski definition) is 6. The molecule has 0 radical (unpaired) electrons. The molecular formula is C56H104N2O4. The summed E-state index contributed by atoms with van der Waals surface area (Å²) in [6.45, 7) is 18.5. The van der Waals surface area contributed by atoms with E-state index in [4.69, 9.17) is 4.74 Å². The number of carbonyl (C=O) groups is 1. The van der Waals surface area contributed by atoms with Crippen LogP contribution in [0.1, 0.15) is 247 Å². The van der Waals surface area contributed by atoms with Gasteiger partial charge in [-0.25, -0.2) is 0 Å². The number of esters is 1. The van der Waals surface area contributed by atoms with Crippen LogP contribution in [0.25, 0.3) is 0 Å². The van der Waals surface area contributed by atoms with Crippen LogP contribution in [0, 0.1) is 46.3 Å². The highest BCUT2D eigenvalue weighted by Gasteiger charge is 2.59. The zero-order chi connectivity index (χ0) is 44.6. The number of aliphatic hydroxyl groups is 2. The lowest BCUT2D eigenvalue weighted by Crippen LogP contribution is -2.51. The summed E-state index contributed by atoms with van der Waals surface area (Å²) in [7, 11) is 0. The fourth-order valence-corrected chi connectivity index (χ4v) is 13.6. The number of rotatable bonds is 35. The number of ether oxygens (including phenoxy) is 1. The molecule has 6 heteroatoms. The van der Waals surface area contributed by atoms with Crippen LogP contribution in [-0.4, -0.2) is 66.2 Å². The van der Waals surface area contributed by atoms with Crippen molar-refractivity contribution in [3.63, 3.8) is 0 Å². The van der Waals surface area contributed by atoms with E-state index in [9.17, 15) is 15.0 Å². The van der Waals surface area contributed by atoms with E-state index in [2.05, 4.69) is 57.8 Å². The van der Waals surface area contributed by atoms with Crippen LogP contribution in [0.5, 0.6) is 0 Å². The van der Waals surface area contributed by atoms with Gasteiger partial charge in [-0.1, -0.05) is 162 Å². The van der Waals surface area contributed by atoms with Crippen LogP contribution >= 0.6 is 0 Å². The van der Waals surface area contributed by atoms with Gasteiger partial charge in [0.25, 0.3) is 0 Å². The van der Waals surface area contributed by atoms with Gasteiger partial charge < -0.3 is 19.8 Å². The molecule has 0 aromatic heterocycles. The van der Waals surface area contributed by atoms with Gasteiger partial charge in [-0.05, 0) is 149 Å². The average Bonchev–Trinajstić information content (AvgIpc) is 3.60. The van der Waals surface area contributed by atoms with Crippen molar-refractivity contribution >= 4 is 5.97 Å². The van der Waals surface area contributed by atoms with Crippen molar-refractivity contribution in [3.05, 3.63) is 11.6 Å². The number of nitrogens with zero attached hydrogens (tertiary/aromatic N) is 1. The van der Waals surface area contributed by atoms with Crippen LogP contribution in [0.4, 0.5) is 0 Å². The first-order chi connectivity index (χ1) is 30.0. The van der Waals surface area contributed by atoms with Gasteiger partial charge in [0.2, 0.25) is 0 Å². The zero-order valence-corrected chi connectivity index (χ0v) is 42.0. The minimum Gasteiger partial charge on any atom is -0.462 e. The van der Waals surface area contributed by atoms with Gasteiger partial charge in [0.15, 0.2) is 0 Å². The number of allylic oxidation sites excluding steroid dienone is 1. The van der Waals surface area contributed by atoms with E-state index in [0.717, 1.165) is 113 Å². The molecule has 6 nitrogen and oxygen atoms in total. The Morgan fingerprint density at radius 1 is 0.742 bits per heavy atom. The van der Waals surface area contributed by atoms with Crippen molar-refractivity contribution in [3.8, 4) is 0 Å². The number of unbranched alkanes of at least 4 members (excludes halogenated alkanes) is 16. The minimum atomic E-state index is -0.394. The molecule has 0 amide bonds. The zero-order valence-electron chi connectivity index (χ0n) is 42.0. The molecule has 362 valence electrons. The lowest BCUT2D eigenvalue weighted by Gasteiger charge is -2.58. The van der Waals surface area contributed by atoms with E-state index >= 15 is 0 Å². The molecule has 62 heavy (non-hydrogen) atoms. The summed E-state index contributed by atoms with van der Waals surface area (Å²) in [6.07, 6.45) is 42.0. The molecule has 4 aliphatic rings. The van der Waals surface area contributed by atoms with Crippen molar-refractivity contribution in [2.45, 2.75) is 259 Å². The Bertz CT molecular complexity index is 1220. The largest absolute Gasteiger partial charge is 0.462 e. The van der Waals surface area contributed by atoms with Crippen LogP contribution < -0.4 is 5.32 Å². The molecule has 9 unspecified atom stereocenters. The molecule has 4 rings (SSSR count). The smallest absolute Gasteiger partial charge is 0.306 e. The maximum absolute atomic E-state index is 13.0. The van der Waals surface area contributed by atoms with Crippen molar-refractivity contribution in [1.82, 2.24) is 10.2 Å². The monoisotopic (exact) mass is 869 g/mol. The number of hydrogen-bond donors (Lipinski definition) is 3. The highest BCUT2D eigenvalue weighted by Crippen LogP contribution is 2.67. The Kier molecular flexibility index (Phi) is 25.7. The molecule has 0 aromatic carbocycles. The first-order valence-corrected chi connectivity index (χ1v) is 27.6. The topological polar surface area (TPSA) is 82.0 Å². The van der Waals surface area contributed by atoms with Crippen LogP contribution in [0.15, 0.2) is 11.6 Å². The SMILES string of the molecule is CCCCCCCCCCCCCCCCC(O)NCCCCN(CCO)CCCCCC(=O)OC1CCC2(C)C(=CCC3C2CCC2(C)C(C(C)CCCC(C)C)CCC32)C1. The molecule has 9 atom stereocenters. The molecule has 3 N–H and O–H groups in total. The van der Waals surface area contributed by atoms with Gasteiger partial charge in [-0.15, -0.1) is 0 Å². The van der Waals surface area contributed by atoms with Gasteiger partial charge in [0, 0.05) is 19.4 Å². The number of carbonyl (C=O) groups excluding carboxylic acids is 1. The van der Waals surface area contributed by atoms with E-state index in [-0.39, 0.29) is 24.1 Å². The van der Waals surface area contributed by atoms with E-state index in [0.29, 0.717) is 18.4 Å². The molecule has 4 aliphatic carbocycles. The molecule has 0 bridgehead atoms. The maximum atomic E-state index is 13.0. The van der Waals surface area contributed by atoms with E-state index in [1.165, 1.54) is 141 Å². The fourth-order valence-electron chi connectivity index (χ4n) is 13.6. The van der Waals surface area contributed by atoms with Gasteiger partial charge in [-0.2, -0.15) is 0 Å². The van der Waals surface area contributed by atoms with E-state index in [1.807, 2.05) is 0 Å². The first-order valence-electron chi connectivity index (χ1n) is 27.6. The molecule has 3 saturated carbocycles. The van der Waals surface area contributed by atoms with Crippen molar-refractivity contribution in [2.24, 2.45) is 46.3 Å². The molecule has 0 saturated heterocycles. The highest BCUT2D eigenvalue weighted by atomic mass is 16.5. The quantitative estimate of drug-likeness (QED) is 0.0255. The second kappa shape index (κ2) is 29.6. The average molecular weight is 869 g/mol. The maximum Gasteiger partial charge on any atom is 0.306 e. The third-order valence-electron chi connectivity index (χ3n) is 17.4. The van der Waals surface area contributed by atoms with Crippen LogP contribution in [0.2, 0.25) is 0 Å². The number of nitrogens with one attached hydrogen (secondary N) is 1.